The van der Waals surface area contributed by atoms with Gasteiger partial charge >= 0.3 is 0 Å². The molecule has 0 aliphatic carbocycles. The Morgan fingerprint density at radius 3 is 2.44 bits per heavy atom. The van der Waals surface area contributed by atoms with E-state index in [1.165, 1.54) is 5.57 Å². The van der Waals surface area contributed by atoms with Crippen LogP contribution >= 0.6 is 0 Å². The van der Waals surface area contributed by atoms with Crippen molar-refractivity contribution in [3.05, 3.63) is 12.2 Å². The Morgan fingerprint density at radius 2 is 2.00 bits per heavy atom. The molecule has 0 aromatic heterocycles. The maximum absolute atomic E-state index is 8.42. The normalized spacial score (nSPS) is 19.4. The van der Waals surface area contributed by atoms with Gasteiger partial charge < -0.3 is 4.90 Å². The molecule has 0 spiro atoms. The topological polar surface area (TPSA) is 27.0 Å². The van der Waals surface area contributed by atoms with Gasteiger partial charge in [0.05, 0.1) is 0 Å². The summed E-state index contributed by atoms with van der Waals surface area (Å²) in [5, 5.41) is 8.42. The highest BCUT2D eigenvalue weighted by atomic mass is 15.1. The molecule has 1 aliphatic rings. The van der Waals surface area contributed by atoms with E-state index in [-0.39, 0.29) is 0 Å². The first-order valence-corrected chi connectivity index (χ1v) is 3.14. The van der Waals surface area contributed by atoms with Gasteiger partial charge in [-0.2, -0.15) is 5.26 Å². The lowest BCUT2D eigenvalue weighted by Gasteiger charge is -2.21. The van der Waals surface area contributed by atoms with Gasteiger partial charge in [0, 0.05) is 13.1 Å². The average molecular weight is 122 g/mol. The minimum atomic E-state index is 0.870. The Balaban J connectivity index is 2.37. The first-order valence-electron chi connectivity index (χ1n) is 3.14. The Kier molecular flexibility index (Phi) is 1.74. The molecule has 0 unspecified atom stereocenters. The standard InChI is InChI=1S/C7H10N2/c1-7-2-4-9(6-8)5-3-7/h1-5H2. The Labute approximate surface area is 55.4 Å². The molecular formula is C7H10N2. The van der Waals surface area contributed by atoms with Crippen molar-refractivity contribution in [1.29, 1.82) is 5.26 Å². The molecule has 1 fully saturated rings. The molecule has 2 heteroatoms. The van der Waals surface area contributed by atoms with Gasteiger partial charge in [-0.15, -0.1) is 0 Å². The second kappa shape index (κ2) is 2.54. The van der Waals surface area contributed by atoms with Crippen molar-refractivity contribution in [3.63, 3.8) is 0 Å². The molecule has 1 saturated heterocycles. The summed E-state index contributed by atoms with van der Waals surface area (Å²) in [6.45, 7) is 5.59. The van der Waals surface area contributed by atoms with E-state index in [2.05, 4.69) is 12.8 Å². The summed E-state index contributed by atoms with van der Waals surface area (Å²) in [5.74, 6) is 0. The maximum atomic E-state index is 8.42. The zero-order chi connectivity index (χ0) is 6.69. The molecule has 0 aromatic rings. The van der Waals surface area contributed by atoms with E-state index in [0.29, 0.717) is 0 Å². The van der Waals surface area contributed by atoms with Crippen LogP contribution in [0, 0.1) is 11.5 Å². The van der Waals surface area contributed by atoms with Crippen molar-refractivity contribution in [3.8, 4) is 6.19 Å². The molecule has 0 radical (unpaired) electrons. The van der Waals surface area contributed by atoms with Crippen LogP contribution in [0.5, 0.6) is 0 Å². The quantitative estimate of drug-likeness (QED) is 0.355. The molecular weight excluding hydrogens is 112 g/mol. The minimum absolute atomic E-state index is 0.870. The molecule has 0 amide bonds. The van der Waals surface area contributed by atoms with Crippen molar-refractivity contribution < 1.29 is 0 Å². The summed E-state index contributed by atoms with van der Waals surface area (Å²) in [6.07, 6.45) is 4.10. The third kappa shape index (κ3) is 1.46. The van der Waals surface area contributed by atoms with Gasteiger partial charge in [0.15, 0.2) is 6.19 Å². The molecule has 48 valence electrons. The van der Waals surface area contributed by atoms with Gasteiger partial charge in [-0.3, -0.25) is 0 Å². The van der Waals surface area contributed by atoms with Crippen LogP contribution in [0.4, 0.5) is 0 Å². The van der Waals surface area contributed by atoms with E-state index in [1.54, 1.807) is 4.90 Å². The third-order valence-corrected chi connectivity index (χ3v) is 1.61. The predicted octanol–water partition coefficient (Wildman–Crippen LogP) is 1.12. The molecule has 0 bridgehead atoms. The van der Waals surface area contributed by atoms with Gasteiger partial charge in [-0.1, -0.05) is 12.2 Å². The lowest BCUT2D eigenvalue weighted by atomic mass is 10.1. The Morgan fingerprint density at radius 1 is 1.44 bits per heavy atom. The summed E-state index contributed by atoms with van der Waals surface area (Å²) in [6, 6.07) is 0. The van der Waals surface area contributed by atoms with Gasteiger partial charge in [-0.25, -0.2) is 0 Å². The van der Waals surface area contributed by atoms with Crippen LogP contribution in [0.25, 0.3) is 0 Å². The zero-order valence-electron chi connectivity index (χ0n) is 5.43. The molecule has 0 aromatic carbocycles. The van der Waals surface area contributed by atoms with E-state index in [0.717, 1.165) is 25.9 Å². The van der Waals surface area contributed by atoms with Gasteiger partial charge in [-0.05, 0) is 12.8 Å². The van der Waals surface area contributed by atoms with Gasteiger partial charge in [0.2, 0.25) is 0 Å². The van der Waals surface area contributed by atoms with Crippen LogP contribution in [0.3, 0.4) is 0 Å². The smallest absolute Gasteiger partial charge is 0.179 e. The number of rotatable bonds is 0. The highest BCUT2D eigenvalue weighted by molar-refractivity contribution is 5.00. The lowest BCUT2D eigenvalue weighted by molar-refractivity contribution is 0.365. The van der Waals surface area contributed by atoms with Crippen molar-refractivity contribution in [1.82, 2.24) is 4.90 Å². The fraction of sp³-hybridized carbons (Fsp3) is 0.571. The monoisotopic (exact) mass is 122 g/mol. The van der Waals surface area contributed by atoms with E-state index in [9.17, 15) is 0 Å². The number of piperidine rings is 1. The molecule has 2 nitrogen and oxygen atoms in total. The lowest BCUT2D eigenvalue weighted by Crippen LogP contribution is -2.25. The van der Waals surface area contributed by atoms with E-state index < -0.39 is 0 Å². The largest absolute Gasteiger partial charge is 0.310 e. The van der Waals surface area contributed by atoms with Crippen molar-refractivity contribution in [2.75, 3.05) is 13.1 Å². The molecule has 9 heavy (non-hydrogen) atoms. The SMILES string of the molecule is C=C1CCN(C#N)CC1. The summed E-state index contributed by atoms with van der Waals surface area (Å²) >= 11 is 0. The summed E-state index contributed by atoms with van der Waals surface area (Å²) in [7, 11) is 0. The summed E-state index contributed by atoms with van der Waals surface area (Å²) < 4.78 is 0. The van der Waals surface area contributed by atoms with E-state index in [1.807, 2.05) is 0 Å². The van der Waals surface area contributed by atoms with Crippen LogP contribution in [-0.4, -0.2) is 18.0 Å². The molecule has 1 rings (SSSR count). The van der Waals surface area contributed by atoms with Gasteiger partial charge in [0.1, 0.15) is 0 Å². The fourth-order valence-electron chi connectivity index (χ4n) is 0.923. The molecule has 0 atom stereocenters. The second-order valence-electron chi connectivity index (χ2n) is 2.34. The zero-order valence-corrected chi connectivity index (χ0v) is 5.43. The molecule has 0 saturated carbocycles. The second-order valence-corrected chi connectivity index (χ2v) is 2.34. The predicted molar refractivity (Wildman–Crippen MR) is 35.6 cm³/mol. The summed E-state index contributed by atoms with van der Waals surface area (Å²) in [4.78, 5) is 1.77. The molecule has 1 aliphatic heterocycles. The van der Waals surface area contributed by atoms with E-state index >= 15 is 0 Å². The number of likely N-dealkylation sites (tertiary alicyclic amines) is 1. The first-order chi connectivity index (χ1) is 4.33. The highest BCUT2D eigenvalue weighted by Gasteiger charge is 2.08. The Bertz CT molecular complexity index is 145. The number of hydrogen-bond acceptors (Lipinski definition) is 2. The highest BCUT2D eigenvalue weighted by Crippen LogP contribution is 2.11. The van der Waals surface area contributed by atoms with Crippen molar-refractivity contribution in [2.45, 2.75) is 12.8 Å². The van der Waals surface area contributed by atoms with Crippen molar-refractivity contribution in [2.24, 2.45) is 0 Å². The third-order valence-electron chi connectivity index (χ3n) is 1.61. The van der Waals surface area contributed by atoms with E-state index in [4.69, 9.17) is 5.26 Å². The van der Waals surface area contributed by atoms with Crippen molar-refractivity contribution >= 4 is 0 Å². The van der Waals surface area contributed by atoms with Crippen LogP contribution in [0.15, 0.2) is 12.2 Å². The average Bonchev–Trinajstić information content (AvgIpc) is 1.90. The Hall–Kier alpha value is -0.970. The summed E-state index contributed by atoms with van der Waals surface area (Å²) in [5.41, 5.74) is 1.28. The van der Waals surface area contributed by atoms with Crippen LogP contribution < -0.4 is 0 Å². The molecule has 0 N–H and O–H groups in total. The number of hydrogen-bond donors (Lipinski definition) is 0. The number of nitrogens with zero attached hydrogens (tertiary/aromatic N) is 2. The van der Waals surface area contributed by atoms with Crippen LogP contribution in [-0.2, 0) is 0 Å². The first kappa shape index (κ1) is 6.15. The molecule has 1 heterocycles. The maximum Gasteiger partial charge on any atom is 0.179 e. The minimum Gasteiger partial charge on any atom is -0.310 e. The van der Waals surface area contributed by atoms with Crippen LogP contribution in [0.2, 0.25) is 0 Å². The van der Waals surface area contributed by atoms with Crippen LogP contribution in [0.1, 0.15) is 12.8 Å². The van der Waals surface area contributed by atoms with Gasteiger partial charge in [0.25, 0.3) is 0 Å². The number of nitriles is 1. The fourth-order valence-corrected chi connectivity index (χ4v) is 0.923.